The Morgan fingerprint density at radius 2 is 2.50 bits per heavy atom. The normalized spacial score (nSPS) is 6.33. The van der Waals surface area contributed by atoms with Crippen LogP contribution in [0.1, 0.15) is 6.92 Å². The quantitative estimate of drug-likeness (QED) is 0.452. The van der Waals surface area contributed by atoms with Gasteiger partial charge in [-0.2, -0.15) is 0 Å². The summed E-state index contributed by atoms with van der Waals surface area (Å²) >= 11 is -0.188. The summed E-state index contributed by atoms with van der Waals surface area (Å²) in [5.74, 6) is 0. The summed E-state index contributed by atoms with van der Waals surface area (Å²) in [5.41, 5.74) is 0. The molecule has 0 aromatic carbocycles. The Morgan fingerprint density at radius 1 is 2.00 bits per heavy atom. The molecule has 1 N–H and O–H groups in total. The van der Waals surface area contributed by atoms with Crippen LogP contribution in [-0.4, -0.2) is 14.5 Å². The van der Waals surface area contributed by atoms with Gasteiger partial charge in [0, 0.05) is 0 Å². The number of rotatable bonds is 0. The Hall–Kier alpha value is -0.0705. The van der Waals surface area contributed by atoms with E-state index in [4.69, 9.17) is 5.11 Å². The van der Waals surface area contributed by atoms with Gasteiger partial charge >= 0.3 is 40.3 Å². The van der Waals surface area contributed by atoms with Crippen LogP contribution in [0.4, 0.5) is 0 Å². The maximum atomic E-state index is 9.32. The van der Waals surface area contributed by atoms with Crippen molar-refractivity contribution in [2.75, 3.05) is 0 Å². The predicted octanol–water partition coefficient (Wildman–Crippen LogP) is -0.342. The molecule has 0 unspecified atom stereocenters. The molecular formula is C3H4MnO2. The molecule has 0 aliphatic carbocycles. The van der Waals surface area contributed by atoms with Crippen molar-refractivity contribution in [3.05, 3.63) is 0 Å². The zero-order valence-corrected chi connectivity index (χ0v) is 4.41. The van der Waals surface area contributed by atoms with Crippen LogP contribution in [0.15, 0.2) is 0 Å². The molecule has 0 aromatic heterocycles. The molecule has 0 atom stereocenters. The molecular weight excluding hydrogens is 123 g/mol. The van der Waals surface area contributed by atoms with Gasteiger partial charge in [0.1, 0.15) is 0 Å². The van der Waals surface area contributed by atoms with Crippen LogP contribution < -0.4 is 0 Å². The molecule has 0 heterocycles. The van der Waals surface area contributed by atoms with Gasteiger partial charge in [0.2, 0.25) is 0 Å². The SMILES string of the molecule is C[C](O)=[Mn]=[C]=O. The number of aliphatic hydroxyl groups is 1. The molecule has 0 saturated carbocycles. The van der Waals surface area contributed by atoms with Crippen LogP contribution in [0.3, 0.4) is 0 Å². The van der Waals surface area contributed by atoms with Crippen molar-refractivity contribution in [3.8, 4) is 0 Å². The molecule has 0 aliphatic rings. The second kappa shape index (κ2) is 3.13. The predicted molar refractivity (Wildman–Crippen MR) is 18.3 cm³/mol. The van der Waals surface area contributed by atoms with Crippen LogP contribution >= 0.6 is 0 Å². The van der Waals surface area contributed by atoms with E-state index in [1.807, 2.05) is 0 Å². The second-order valence-corrected chi connectivity index (χ2v) is 2.06. The van der Waals surface area contributed by atoms with Gasteiger partial charge in [-0.05, 0) is 0 Å². The minimum absolute atomic E-state index is 0.147. The van der Waals surface area contributed by atoms with Crippen molar-refractivity contribution in [2.24, 2.45) is 0 Å². The Morgan fingerprint density at radius 3 is 2.50 bits per heavy atom. The van der Waals surface area contributed by atoms with Crippen LogP contribution in [0.5, 0.6) is 0 Å². The average molecular weight is 127 g/mol. The molecule has 0 amide bonds. The van der Waals surface area contributed by atoms with Gasteiger partial charge in [0.15, 0.2) is 0 Å². The van der Waals surface area contributed by atoms with Crippen molar-refractivity contribution in [3.63, 3.8) is 0 Å². The summed E-state index contributed by atoms with van der Waals surface area (Å²) in [7, 11) is 0. The van der Waals surface area contributed by atoms with E-state index in [9.17, 15) is 4.79 Å². The Labute approximate surface area is 41.0 Å². The molecule has 6 heavy (non-hydrogen) atoms. The number of hydrogen-bond donors (Lipinski definition) is 1. The fourth-order valence-electron chi connectivity index (χ4n) is 0.0558. The second-order valence-electron chi connectivity index (χ2n) is 0.669. The van der Waals surface area contributed by atoms with Crippen LogP contribution in [-0.2, 0) is 18.9 Å². The first kappa shape index (κ1) is 5.93. The van der Waals surface area contributed by atoms with Gasteiger partial charge in [-0.1, -0.05) is 0 Å². The van der Waals surface area contributed by atoms with Gasteiger partial charge < -0.3 is 0 Å². The van der Waals surface area contributed by atoms with E-state index in [-0.39, 0.29) is 18.7 Å². The molecule has 2 nitrogen and oxygen atoms in total. The zero-order chi connectivity index (χ0) is 4.99. The molecule has 0 fully saturated rings. The third-order valence-corrected chi connectivity index (χ3v) is 0.723. The van der Waals surface area contributed by atoms with Crippen molar-refractivity contribution < 1.29 is 24.0 Å². The van der Waals surface area contributed by atoms with E-state index in [2.05, 4.69) is 0 Å². The summed E-state index contributed by atoms with van der Waals surface area (Å²) in [6, 6.07) is 0. The first-order valence-electron chi connectivity index (χ1n) is 1.31. The zero-order valence-electron chi connectivity index (χ0n) is 3.23. The number of aliphatic hydroxyl groups excluding tert-OH is 1. The molecule has 0 rings (SSSR count). The van der Waals surface area contributed by atoms with E-state index in [1.165, 1.54) is 6.92 Å². The van der Waals surface area contributed by atoms with E-state index in [1.54, 1.807) is 4.79 Å². The third kappa shape index (κ3) is 3.93. The summed E-state index contributed by atoms with van der Waals surface area (Å²) in [5, 5.41) is 8.22. The Kier molecular flexibility index (Phi) is 3.10. The van der Waals surface area contributed by atoms with E-state index < -0.39 is 0 Å². The third-order valence-electron chi connectivity index (χ3n) is 0.175. The molecule has 35 valence electrons. The van der Waals surface area contributed by atoms with E-state index in [0.29, 0.717) is 0 Å². The molecule has 0 aliphatic heterocycles. The van der Waals surface area contributed by atoms with Gasteiger partial charge in [-0.15, -0.1) is 0 Å². The molecule has 3 heteroatoms. The van der Waals surface area contributed by atoms with Crippen molar-refractivity contribution >= 4 is 9.39 Å². The van der Waals surface area contributed by atoms with Crippen LogP contribution in [0.25, 0.3) is 0 Å². The first-order valence-corrected chi connectivity index (χ1v) is 2.49. The number of hydrogen-bond acceptors (Lipinski definition) is 2. The first-order chi connectivity index (χ1) is 2.77. The van der Waals surface area contributed by atoms with Crippen LogP contribution in [0.2, 0.25) is 0 Å². The fourth-order valence-corrected chi connectivity index (χ4v) is 0.230. The Balaban J connectivity index is 4.13. The monoisotopic (exact) mass is 127 g/mol. The summed E-state index contributed by atoms with van der Waals surface area (Å²) in [4.78, 5) is 10.9. The van der Waals surface area contributed by atoms with E-state index >= 15 is 0 Å². The maximum absolute atomic E-state index is 9.32. The van der Waals surface area contributed by atoms with Gasteiger partial charge in [-0.25, -0.2) is 0 Å². The standard InChI is InChI=1S/C2H4O.CO.Mn/c1-2-3;1-2;/h3H,1H3;;. The average Bonchev–Trinajstić information content (AvgIpc) is 1.35. The van der Waals surface area contributed by atoms with Crippen LogP contribution in [0, 0.1) is 0 Å². The van der Waals surface area contributed by atoms with Gasteiger partial charge in [0.25, 0.3) is 0 Å². The summed E-state index contributed by atoms with van der Waals surface area (Å²) < 4.78 is 0.147. The van der Waals surface area contributed by atoms with E-state index in [0.717, 1.165) is 0 Å². The molecule has 0 saturated heterocycles. The van der Waals surface area contributed by atoms with Gasteiger partial charge in [-0.3, -0.25) is 0 Å². The Bertz CT molecular complexity index is 113. The fraction of sp³-hybridized carbons (Fsp3) is 0.333. The molecule has 0 bridgehead atoms. The number of carbonyl (C=O) groups excluding carboxylic acids is 1. The molecule has 0 spiro atoms. The molecule has 0 aromatic rings. The molecule has 0 radical (unpaired) electrons. The van der Waals surface area contributed by atoms with Gasteiger partial charge in [0.05, 0.1) is 0 Å². The topological polar surface area (TPSA) is 37.3 Å². The van der Waals surface area contributed by atoms with Crippen molar-refractivity contribution in [1.82, 2.24) is 0 Å². The summed E-state index contributed by atoms with van der Waals surface area (Å²) in [6.07, 6.45) is 0. The minimum atomic E-state index is -0.188. The van der Waals surface area contributed by atoms with Crippen molar-refractivity contribution in [2.45, 2.75) is 6.92 Å². The van der Waals surface area contributed by atoms with Crippen molar-refractivity contribution in [1.29, 1.82) is 0 Å². The summed E-state index contributed by atoms with van der Waals surface area (Å²) in [6.45, 7) is 1.48.